The summed E-state index contributed by atoms with van der Waals surface area (Å²) in [5.41, 5.74) is 1.06. The van der Waals surface area contributed by atoms with Crippen molar-refractivity contribution in [2.75, 3.05) is 41.5 Å². The lowest BCUT2D eigenvalue weighted by atomic mass is 9.95. The summed E-state index contributed by atoms with van der Waals surface area (Å²) >= 11 is 0. The zero-order chi connectivity index (χ0) is 14.8. The van der Waals surface area contributed by atoms with Crippen molar-refractivity contribution in [3.05, 3.63) is 17.7 Å². The van der Waals surface area contributed by atoms with Crippen LogP contribution in [0.25, 0.3) is 0 Å². The molecular weight excluding hydrogens is 258 g/mol. The van der Waals surface area contributed by atoms with Crippen molar-refractivity contribution in [1.82, 2.24) is 4.90 Å². The van der Waals surface area contributed by atoms with Crippen LogP contribution in [0.15, 0.2) is 12.1 Å². The van der Waals surface area contributed by atoms with E-state index in [-0.39, 0.29) is 5.60 Å². The summed E-state index contributed by atoms with van der Waals surface area (Å²) in [6.45, 7) is 4.76. The van der Waals surface area contributed by atoms with Gasteiger partial charge in [0.05, 0.1) is 26.9 Å². The molecule has 20 heavy (non-hydrogen) atoms. The fraction of sp³-hybridized carbons (Fsp3) is 0.600. The van der Waals surface area contributed by atoms with E-state index in [1.807, 2.05) is 12.1 Å². The molecule has 112 valence electrons. The van der Waals surface area contributed by atoms with Crippen LogP contribution in [0.5, 0.6) is 17.2 Å². The zero-order valence-electron chi connectivity index (χ0n) is 12.9. The Morgan fingerprint density at radius 2 is 1.65 bits per heavy atom. The first-order valence-corrected chi connectivity index (χ1v) is 6.62. The second-order valence-electron chi connectivity index (χ2n) is 5.29. The van der Waals surface area contributed by atoms with Gasteiger partial charge in [-0.05, 0) is 13.0 Å². The molecule has 0 radical (unpaired) electrons. The summed E-state index contributed by atoms with van der Waals surface area (Å²) < 4.78 is 21.6. The second-order valence-corrected chi connectivity index (χ2v) is 5.29. The molecule has 1 saturated heterocycles. The third-order valence-corrected chi connectivity index (χ3v) is 3.79. The number of hydrogen-bond acceptors (Lipinski definition) is 5. The van der Waals surface area contributed by atoms with E-state index in [0.29, 0.717) is 11.5 Å². The van der Waals surface area contributed by atoms with Crippen LogP contribution in [0, 0.1) is 0 Å². The maximum absolute atomic E-state index is 5.49. The Balaban J connectivity index is 2.16. The normalized spacial score (nSPS) is 17.4. The summed E-state index contributed by atoms with van der Waals surface area (Å²) in [5.74, 6) is 2.05. The lowest BCUT2D eigenvalue weighted by molar-refractivity contribution is -0.114. The van der Waals surface area contributed by atoms with Crippen LogP contribution in [0.4, 0.5) is 0 Å². The summed E-state index contributed by atoms with van der Waals surface area (Å²) in [5, 5.41) is 0. The quantitative estimate of drug-likeness (QED) is 0.797. The van der Waals surface area contributed by atoms with Gasteiger partial charge in [0.1, 0.15) is 0 Å². The van der Waals surface area contributed by atoms with Crippen molar-refractivity contribution in [2.24, 2.45) is 0 Å². The number of likely N-dealkylation sites (tertiary alicyclic amines) is 1. The Morgan fingerprint density at radius 1 is 1.00 bits per heavy atom. The van der Waals surface area contributed by atoms with Gasteiger partial charge in [0.25, 0.3) is 0 Å². The van der Waals surface area contributed by atoms with Crippen molar-refractivity contribution in [1.29, 1.82) is 0 Å². The van der Waals surface area contributed by atoms with Crippen molar-refractivity contribution in [3.8, 4) is 17.2 Å². The van der Waals surface area contributed by atoms with E-state index in [1.54, 1.807) is 28.4 Å². The third kappa shape index (κ3) is 2.69. The van der Waals surface area contributed by atoms with E-state index in [1.165, 1.54) is 0 Å². The molecule has 1 heterocycles. The minimum atomic E-state index is -0.0240. The zero-order valence-corrected chi connectivity index (χ0v) is 12.9. The van der Waals surface area contributed by atoms with E-state index in [4.69, 9.17) is 18.9 Å². The van der Waals surface area contributed by atoms with Gasteiger partial charge in [-0.15, -0.1) is 0 Å². The second kappa shape index (κ2) is 5.89. The molecule has 0 atom stereocenters. The molecule has 5 heteroatoms. The summed E-state index contributed by atoms with van der Waals surface area (Å²) in [6.07, 6.45) is 0. The molecule has 0 bridgehead atoms. The molecule has 5 nitrogen and oxygen atoms in total. The van der Waals surface area contributed by atoms with Gasteiger partial charge < -0.3 is 18.9 Å². The lowest BCUT2D eigenvalue weighted by Crippen LogP contribution is -2.60. The topological polar surface area (TPSA) is 40.2 Å². The Bertz CT molecular complexity index is 469. The molecule has 0 spiro atoms. The minimum Gasteiger partial charge on any atom is -0.493 e. The van der Waals surface area contributed by atoms with Gasteiger partial charge in [0, 0.05) is 32.3 Å². The molecule has 1 aromatic carbocycles. The Hall–Kier alpha value is -1.46. The van der Waals surface area contributed by atoms with Crippen LogP contribution >= 0.6 is 0 Å². The van der Waals surface area contributed by atoms with E-state index in [0.717, 1.165) is 30.9 Å². The van der Waals surface area contributed by atoms with Crippen LogP contribution in [0.1, 0.15) is 12.5 Å². The number of nitrogens with zero attached hydrogens (tertiary/aromatic N) is 1. The Morgan fingerprint density at radius 3 is 2.15 bits per heavy atom. The van der Waals surface area contributed by atoms with Crippen molar-refractivity contribution in [3.63, 3.8) is 0 Å². The van der Waals surface area contributed by atoms with Crippen molar-refractivity contribution < 1.29 is 18.9 Å². The number of benzene rings is 1. The first-order chi connectivity index (χ1) is 9.56. The van der Waals surface area contributed by atoms with E-state index >= 15 is 0 Å². The smallest absolute Gasteiger partial charge is 0.203 e. The largest absolute Gasteiger partial charge is 0.493 e. The molecule has 0 unspecified atom stereocenters. The molecule has 1 aromatic rings. The molecule has 1 aliphatic heterocycles. The molecule has 1 aliphatic rings. The summed E-state index contributed by atoms with van der Waals surface area (Å²) in [6, 6.07) is 3.93. The fourth-order valence-electron chi connectivity index (χ4n) is 2.67. The number of ether oxygens (including phenoxy) is 4. The van der Waals surface area contributed by atoms with Crippen LogP contribution in [-0.4, -0.2) is 52.0 Å². The van der Waals surface area contributed by atoms with Gasteiger partial charge in [0.2, 0.25) is 5.75 Å². The highest BCUT2D eigenvalue weighted by atomic mass is 16.5. The average molecular weight is 281 g/mol. The molecule has 0 N–H and O–H groups in total. The van der Waals surface area contributed by atoms with Crippen LogP contribution in [-0.2, 0) is 11.3 Å². The summed E-state index contributed by atoms with van der Waals surface area (Å²) in [4.78, 5) is 2.31. The number of rotatable bonds is 6. The highest BCUT2D eigenvalue weighted by Gasteiger charge is 2.38. The predicted octanol–water partition coefficient (Wildman–Crippen LogP) is 1.93. The molecule has 1 fully saturated rings. The SMILES string of the molecule is COc1ccc(CN2CC(C)(OC)C2)c(OC)c1OC. The molecule has 0 aromatic heterocycles. The molecule has 0 amide bonds. The fourth-order valence-corrected chi connectivity index (χ4v) is 2.67. The van der Waals surface area contributed by atoms with Gasteiger partial charge in [-0.1, -0.05) is 6.07 Å². The van der Waals surface area contributed by atoms with Crippen LogP contribution in [0.2, 0.25) is 0 Å². The molecule has 0 aliphatic carbocycles. The van der Waals surface area contributed by atoms with Gasteiger partial charge in [-0.25, -0.2) is 0 Å². The van der Waals surface area contributed by atoms with Gasteiger partial charge in [0.15, 0.2) is 11.5 Å². The van der Waals surface area contributed by atoms with Gasteiger partial charge in [-0.2, -0.15) is 0 Å². The Labute approximate surface area is 120 Å². The number of hydrogen-bond donors (Lipinski definition) is 0. The van der Waals surface area contributed by atoms with E-state index in [9.17, 15) is 0 Å². The number of methoxy groups -OCH3 is 4. The summed E-state index contributed by atoms with van der Waals surface area (Å²) in [7, 11) is 6.65. The highest BCUT2D eigenvalue weighted by Crippen LogP contribution is 2.41. The van der Waals surface area contributed by atoms with E-state index < -0.39 is 0 Å². The van der Waals surface area contributed by atoms with E-state index in [2.05, 4.69) is 11.8 Å². The monoisotopic (exact) mass is 281 g/mol. The van der Waals surface area contributed by atoms with Crippen LogP contribution < -0.4 is 14.2 Å². The Kier molecular flexibility index (Phi) is 4.40. The van der Waals surface area contributed by atoms with Crippen molar-refractivity contribution in [2.45, 2.75) is 19.1 Å². The highest BCUT2D eigenvalue weighted by molar-refractivity contribution is 5.55. The first-order valence-electron chi connectivity index (χ1n) is 6.62. The van der Waals surface area contributed by atoms with Crippen LogP contribution in [0.3, 0.4) is 0 Å². The average Bonchev–Trinajstić information content (AvgIpc) is 2.44. The predicted molar refractivity (Wildman–Crippen MR) is 76.8 cm³/mol. The van der Waals surface area contributed by atoms with Gasteiger partial charge >= 0.3 is 0 Å². The molecule has 2 rings (SSSR count). The molecule has 0 saturated carbocycles. The maximum Gasteiger partial charge on any atom is 0.203 e. The van der Waals surface area contributed by atoms with Gasteiger partial charge in [-0.3, -0.25) is 4.90 Å². The maximum atomic E-state index is 5.49. The molecular formula is C15H23NO4. The van der Waals surface area contributed by atoms with Crippen molar-refractivity contribution >= 4 is 0 Å². The standard InChI is InChI=1S/C15H23NO4/c1-15(20-5)9-16(10-15)8-11-6-7-12(17-2)14(19-4)13(11)18-3/h6-7H,8-10H2,1-5H3. The first kappa shape index (κ1) is 14.9. The minimum absolute atomic E-state index is 0.0240. The third-order valence-electron chi connectivity index (χ3n) is 3.79. The lowest BCUT2D eigenvalue weighted by Gasteiger charge is -2.47.